The summed E-state index contributed by atoms with van der Waals surface area (Å²) in [6.07, 6.45) is 1.30. The zero-order chi connectivity index (χ0) is 23.1. The van der Waals surface area contributed by atoms with Gasteiger partial charge in [-0.15, -0.1) is 10.2 Å². The highest BCUT2D eigenvalue weighted by atomic mass is 35.5. The van der Waals surface area contributed by atoms with Crippen LogP contribution in [0.25, 0.3) is 5.69 Å². The quantitative estimate of drug-likeness (QED) is 0.269. The lowest BCUT2D eigenvalue weighted by molar-refractivity contribution is -0.118. The summed E-state index contributed by atoms with van der Waals surface area (Å²) in [7, 11) is 1.56. The predicted octanol–water partition coefficient (Wildman–Crippen LogP) is 4.28. The van der Waals surface area contributed by atoms with Gasteiger partial charge in [-0.1, -0.05) is 53.2 Å². The number of nitrogens with zero attached hydrogens (tertiary/aromatic N) is 3. The van der Waals surface area contributed by atoms with E-state index in [0.29, 0.717) is 40.9 Å². The van der Waals surface area contributed by atoms with Gasteiger partial charge in [-0.2, -0.15) is 0 Å². The number of aromatic nitrogens is 3. The fourth-order valence-electron chi connectivity index (χ4n) is 3.07. The molecule has 3 rings (SSSR count). The van der Waals surface area contributed by atoms with Gasteiger partial charge >= 0.3 is 0 Å². The molecule has 0 aliphatic heterocycles. The van der Waals surface area contributed by atoms with Crippen molar-refractivity contribution in [1.29, 1.82) is 0 Å². The number of amides is 1. The van der Waals surface area contributed by atoms with Gasteiger partial charge in [0.2, 0.25) is 5.91 Å². The summed E-state index contributed by atoms with van der Waals surface area (Å²) in [6.45, 7) is 4.01. The first kappa shape index (κ1) is 23.8. The van der Waals surface area contributed by atoms with Gasteiger partial charge in [-0.3, -0.25) is 14.2 Å². The van der Waals surface area contributed by atoms with E-state index in [0.717, 1.165) is 17.1 Å². The summed E-state index contributed by atoms with van der Waals surface area (Å²) >= 11 is 7.67. The lowest BCUT2D eigenvalue weighted by Crippen LogP contribution is -2.21. The Balaban J connectivity index is 1.82. The van der Waals surface area contributed by atoms with Crippen LogP contribution in [0.2, 0.25) is 5.02 Å². The summed E-state index contributed by atoms with van der Waals surface area (Å²) in [6, 6.07) is 13.0. The fraction of sp³-hybridized carbons (Fsp3) is 0.304. The molecule has 0 saturated carbocycles. The molecule has 3 aromatic rings. The third kappa shape index (κ3) is 6.11. The van der Waals surface area contributed by atoms with Crippen molar-refractivity contribution in [2.45, 2.75) is 31.8 Å². The van der Waals surface area contributed by atoms with E-state index in [2.05, 4.69) is 15.5 Å². The monoisotopic (exact) mass is 472 g/mol. The summed E-state index contributed by atoms with van der Waals surface area (Å²) in [5.74, 6) is 1.47. The number of Topliss-reactive ketones (excluding diaryl/α,β-unsaturated/α-hetero) is 1. The summed E-state index contributed by atoms with van der Waals surface area (Å²) < 4.78 is 7.15. The van der Waals surface area contributed by atoms with E-state index in [9.17, 15) is 9.59 Å². The highest BCUT2D eigenvalue weighted by molar-refractivity contribution is 7.99. The Labute approximate surface area is 196 Å². The van der Waals surface area contributed by atoms with Crippen molar-refractivity contribution in [2.24, 2.45) is 0 Å². The maximum atomic E-state index is 12.6. The van der Waals surface area contributed by atoms with E-state index in [4.69, 9.17) is 16.3 Å². The highest BCUT2D eigenvalue weighted by Crippen LogP contribution is 2.30. The Morgan fingerprint density at radius 2 is 1.91 bits per heavy atom. The normalized spacial score (nSPS) is 10.8. The van der Waals surface area contributed by atoms with Gasteiger partial charge < -0.3 is 10.1 Å². The summed E-state index contributed by atoms with van der Waals surface area (Å²) in [5.41, 5.74) is 2.55. The van der Waals surface area contributed by atoms with Gasteiger partial charge in [0.25, 0.3) is 0 Å². The molecule has 7 nitrogen and oxygen atoms in total. The maximum absolute atomic E-state index is 12.6. The van der Waals surface area contributed by atoms with Crippen LogP contribution >= 0.6 is 23.4 Å². The second-order valence-electron chi connectivity index (χ2n) is 7.22. The van der Waals surface area contributed by atoms with Gasteiger partial charge in [-0.25, -0.2) is 0 Å². The molecule has 0 aliphatic carbocycles. The fourth-order valence-corrected chi connectivity index (χ4v) is 4.19. The minimum absolute atomic E-state index is 0.0181. The standard InChI is InChI=1S/C23H25ClN4O3S/c1-15-6-8-17(9-7-15)20(30)14-32-23-27-26-22(5-4-12-25-16(2)29)28(23)18-10-11-21(31-3)19(24)13-18/h6-11,13H,4-5,12,14H2,1-3H3,(H,25,29). The molecule has 0 saturated heterocycles. The van der Waals surface area contributed by atoms with Crippen molar-refractivity contribution in [3.63, 3.8) is 0 Å². The Morgan fingerprint density at radius 1 is 1.16 bits per heavy atom. The largest absolute Gasteiger partial charge is 0.495 e. The van der Waals surface area contributed by atoms with E-state index < -0.39 is 0 Å². The molecule has 0 aliphatic rings. The van der Waals surface area contributed by atoms with Crippen molar-refractivity contribution in [1.82, 2.24) is 20.1 Å². The van der Waals surface area contributed by atoms with Crippen LogP contribution in [0.1, 0.15) is 35.1 Å². The van der Waals surface area contributed by atoms with Gasteiger partial charge in [0.05, 0.1) is 23.6 Å². The van der Waals surface area contributed by atoms with Crippen LogP contribution in [0.3, 0.4) is 0 Å². The maximum Gasteiger partial charge on any atom is 0.216 e. The third-order valence-electron chi connectivity index (χ3n) is 4.75. The molecule has 1 N–H and O–H groups in total. The first-order valence-electron chi connectivity index (χ1n) is 10.1. The van der Waals surface area contributed by atoms with Crippen molar-refractivity contribution in [3.05, 3.63) is 64.4 Å². The molecule has 0 fully saturated rings. The minimum atomic E-state index is -0.0701. The third-order valence-corrected chi connectivity index (χ3v) is 5.98. The van der Waals surface area contributed by atoms with E-state index in [-0.39, 0.29) is 17.4 Å². The molecule has 2 aromatic carbocycles. The number of carbonyl (C=O) groups is 2. The van der Waals surface area contributed by atoms with Gasteiger partial charge in [0.15, 0.2) is 10.9 Å². The molecule has 0 atom stereocenters. The van der Waals surface area contributed by atoms with Gasteiger partial charge in [-0.05, 0) is 31.5 Å². The smallest absolute Gasteiger partial charge is 0.216 e. The molecular weight excluding hydrogens is 448 g/mol. The lowest BCUT2D eigenvalue weighted by Gasteiger charge is -2.12. The first-order valence-corrected chi connectivity index (χ1v) is 11.5. The zero-order valence-corrected chi connectivity index (χ0v) is 19.8. The molecule has 0 spiro atoms. The van der Waals surface area contributed by atoms with Crippen molar-refractivity contribution in [3.8, 4) is 11.4 Å². The number of hydrogen-bond acceptors (Lipinski definition) is 6. The van der Waals surface area contributed by atoms with E-state index in [1.807, 2.05) is 41.8 Å². The number of ketones is 1. The average Bonchev–Trinajstić information content (AvgIpc) is 3.18. The second kappa shape index (κ2) is 11.2. The topological polar surface area (TPSA) is 86.1 Å². The first-order chi connectivity index (χ1) is 15.4. The molecule has 1 aromatic heterocycles. The minimum Gasteiger partial charge on any atom is -0.495 e. The van der Waals surface area contributed by atoms with E-state index >= 15 is 0 Å². The van der Waals surface area contributed by atoms with Crippen molar-refractivity contribution >= 4 is 35.1 Å². The van der Waals surface area contributed by atoms with Crippen LogP contribution in [-0.2, 0) is 11.2 Å². The lowest BCUT2D eigenvalue weighted by atomic mass is 10.1. The molecule has 168 valence electrons. The molecule has 1 heterocycles. The number of rotatable bonds is 10. The Kier molecular flexibility index (Phi) is 8.30. The van der Waals surface area contributed by atoms with Crippen LogP contribution in [0.15, 0.2) is 47.6 Å². The highest BCUT2D eigenvalue weighted by Gasteiger charge is 2.17. The van der Waals surface area contributed by atoms with Crippen LogP contribution < -0.4 is 10.1 Å². The van der Waals surface area contributed by atoms with Crippen LogP contribution in [-0.4, -0.2) is 45.9 Å². The van der Waals surface area contributed by atoms with E-state index in [1.165, 1.54) is 18.7 Å². The van der Waals surface area contributed by atoms with Gasteiger partial charge in [0, 0.05) is 25.5 Å². The Hall–Kier alpha value is -2.84. The molecule has 32 heavy (non-hydrogen) atoms. The average molecular weight is 473 g/mol. The summed E-state index contributed by atoms with van der Waals surface area (Å²) in [5, 5.41) is 12.5. The van der Waals surface area contributed by atoms with Gasteiger partial charge in [0.1, 0.15) is 11.6 Å². The number of nitrogens with one attached hydrogen (secondary N) is 1. The number of benzene rings is 2. The van der Waals surface area contributed by atoms with Crippen molar-refractivity contribution in [2.75, 3.05) is 19.4 Å². The number of thioether (sulfide) groups is 1. The Morgan fingerprint density at radius 3 is 2.56 bits per heavy atom. The van der Waals surface area contributed by atoms with Crippen LogP contribution in [0, 0.1) is 6.92 Å². The van der Waals surface area contributed by atoms with Crippen LogP contribution in [0.4, 0.5) is 0 Å². The molecule has 0 unspecified atom stereocenters. The molecule has 1 amide bonds. The number of halogens is 1. The predicted molar refractivity (Wildman–Crippen MR) is 126 cm³/mol. The number of methoxy groups -OCH3 is 1. The van der Waals surface area contributed by atoms with Crippen molar-refractivity contribution < 1.29 is 14.3 Å². The SMILES string of the molecule is COc1ccc(-n2c(CCCNC(C)=O)nnc2SCC(=O)c2ccc(C)cc2)cc1Cl. The molecule has 9 heteroatoms. The number of carbonyl (C=O) groups excluding carboxylic acids is 2. The number of aryl methyl sites for hydroxylation is 2. The molecule has 0 bridgehead atoms. The Bertz CT molecular complexity index is 1100. The van der Waals surface area contributed by atoms with E-state index in [1.54, 1.807) is 19.2 Å². The molecule has 0 radical (unpaired) electrons. The second-order valence-corrected chi connectivity index (χ2v) is 8.57. The number of hydrogen-bond donors (Lipinski definition) is 1. The van der Waals surface area contributed by atoms with Crippen LogP contribution in [0.5, 0.6) is 5.75 Å². The molecular formula is C23H25ClN4O3S. The zero-order valence-electron chi connectivity index (χ0n) is 18.2. The number of ether oxygens (including phenoxy) is 1. The summed E-state index contributed by atoms with van der Waals surface area (Å²) in [4.78, 5) is 23.8.